The van der Waals surface area contributed by atoms with Crippen LogP contribution in [0.1, 0.15) is 25.0 Å². The average molecular weight is 724 g/mol. The summed E-state index contributed by atoms with van der Waals surface area (Å²) in [7, 11) is -2.96. The molecule has 3 nitrogen and oxygen atoms in total. The molecule has 4 heteroatoms. The monoisotopic (exact) mass is 723 g/mol. The summed E-state index contributed by atoms with van der Waals surface area (Å²) in [6.45, 7) is 4.71. The summed E-state index contributed by atoms with van der Waals surface area (Å²) >= 11 is 0. The van der Waals surface area contributed by atoms with Gasteiger partial charge >= 0.3 is 0 Å². The van der Waals surface area contributed by atoms with E-state index in [1.54, 1.807) is 0 Å². The van der Waals surface area contributed by atoms with Crippen LogP contribution in [0.2, 0.25) is 0 Å². The maximum Gasteiger partial charge on any atom is 0.181 e. The Balaban J connectivity index is 1.17. The normalized spacial score (nSPS) is 16.3. The Morgan fingerprint density at radius 2 is 0.982 bits per heavy atom. The molecule has 1 aliphatic carbocycles. The molecular weight excluding hydrogens is 687 g/mol. The predicted octanol–water partition coefficient (Wildman–Crippen LogP) is 10.7. The molecule has 0 amide bonds. The van der Waals surface area contributed by atoms with Gasteiger partial charge < -0.3 is 14.4 Å². The van der Waals surface area contributed by atoms with Crippen LogP contribution in [0.4, 0.5) is 17.1 Å². The second-order valence-electron chi connectivity index (χ2n) is 15.2. The number of hydrogen-bond acceptors (Lipinski definition) is 3. The summed E-state index contributed by atoms with van der Waals surface area (Å²) in [5.74, 6) is 3.02. The van der Waals surface area contributed by atoms with Crippen LogP contribution >= 0.6 is 0 Å². The maximum atomic E-state index is 6.83. The molecule has 55 heavy (non-hydrogen) atoms. The molecule has 0 N–H and O–H groups in total. The number of ether oxygens (including phenoxy) is 2. The molecule has 2 heterocycles. The third-order valence-corrected chi connectivity index (χ3v) is 16.9. The third kappa shape index (κ3) is 4.55. The van der Waals surface area contributed by atoms with Crippen LogP contribution in [0, 0.1) is 0 Å². The van der Waals surface area contributed by atoms with Gasteiger partial charge in [-0.15, -0.1) is 0 Å². The van der Waals surface area contributed by atoms with Gasteiger partial charge in [0.2, 0.25) is 0 Å². The number of nitrogens with zero attached hydrogens (tertiary/aromatic N) is 1. The Labute approximate surface area is 322 Å². The van der Waals surface area contributed by atoms with Gasteiger partial charge in [-0.3, -0.25) is 0 Å². The minimum Gasteiger partial charge on any atom is -0.449 e. The highest BCUT2D eigenvalue weighted by atomic mass is 28.3. The topological polar surface area (TPSA) is 21.7 Å². The zero-order chi connectivity index (χ0) is 36.7. The number of anilines is 3. The number of hydrogen-bond donors (Lipinski definition) is 0. The van der Waals surface area contributed by atoms with Crippen LogP contribution in [-0.2, 0) is 5.41 Å². The molecule has 0 aromatic heterocycles. The Hall–Kier alpha value is -6.62. The Morgan fingerprint density at radius 3 is 1.71 bits per heavy atom. The molecule has 2 aliphatic heterocycles. The number of para-hydroxylation sites is 4. The molecule has 8 aromatic carbocycles. The number of fused-ring (bicyclic) bond motifs is 9. The summed E-state index contributed by atoms with van der Waals surface area (Å²) in [6.07, 6.45) is 0. The lowest BCUT2D eigenvalue weighted by Gasteiger charge is -2.33. The first kappa shape index (κ1) is 31.9. The van der Waals surface area contributed by atoms with Crippen molar-refractivity contribution in [2.24, 2.45) is 0 Å². The fourth-order valence-corrected chi connectivity index (χ4v) is 14.7. The largest absolute Gasteiger partial charge is 0.449 e. The second-order valence-corrected chi connectivity index (χ2v) is 19.0. The van der Waals surface area contributed by atoms with E-state index in [1.807, 2.05) is 24.3 Å². The van der Waals surface area contributed by atoms with Crippen LogP contribution < -0.4 is 35.1 Å². The van der Waals surface area contributed by atoms with E-state index in [0.717, 1.165) is 45.6 Å². The highest BCUT2D eigenvalue weighted by Gasteiger charge is 2.51. The van der Waals surface area contributed by atoms with E-state index >= 15 is 0 Å². The minimum absolute atomic E-state index is 0.0811. The lowest BCUT2D eigenvalue weighted by Crippen LogP contribution is -2.72. The molecule has 1 unspecified atom stereocenters. The van der Waals surface area contributed by atoms with E-state index in [-0.39, 0.29) is 5.41 Å². The van der Waals surface area contributed by atoms with E-state index in [9.17, 15) is 0 Å². The predicted molar refractivity (Wildman–Crippen MR) is 228 cm³/mol. The molecule has 0 spiro atoms. The Kier molecular flexibility index (Phi) is 6.92. The van der Waals surface area contributed by atoms with Gasteiger partial charge in [0, 0.05) is 28.0 Å². The van der Waals surface area contributed by atoms with Crippen LogP contribution in [0.3, 0.4) is 0 Å². The summed E-state index contributed by atoms with van der Waals surface area (Å²) in [6, 6.07) is 68.4. The van der Waals surface area contributed by atoms with Gasteiger partial charge in [0.05, 0.1) is 0 Å². The third-order valence-electron chi connectivity index (χ3n) is 12.0. The van der Waals surface area contributed by atoms with Crippen molar-refractivity contribution in [1.82, 2.24) is 0 Å². The zero-order valence-electron chi connectivity index (χ0n) is 30.7. The summed E-state index contributed by atoms with van der Waals surface area (Å²) in [4.78, 5) is 2.34. The van der Waals surface area contributed by atoms with Gasteiger partial charge in [-0.1, -0.05) is 147 Å². The number of rotatable bonds is 5. The first-order chi connectivity index (χ1) is 27.0. The molecule has 0 saturated carbocycles. The van der Waals surface area contributed by atoms with Crippen LogP contribution in [0.15, 0.2) is 188 Å². The second kappa shape index (κ2) is 11.9. The lowest BCUT2D eigenvalue weighted by molar-refractivity contribution is 0.361. The zero-order valence-corrected chi connectivity index (χ0v) is 31.7. The van der Waals surface area contributed by atoms with E-state index in [1.165, 1.54) is 48.6 Å². The van der Waals surface area contributed by atoms with Crippen molar-refractivity contribution in [2.45, 2.75) is 19.3 Å². The van der Waals surface area contributed by atoms with Gasteiger partial charge in [0.25, 0.3) is 0 Å². The molecule has 1 atom stereocenters. The molecule has 0 radical (unpaired) electrons. The van der Waals surface area contributed by atoms with E-state index in [4.69, 9.17) is 9.47 Å². The van der Waals surface area contributed by atoms with Crippen molar-refractivity contribution in [3.8, 4) is 45.3 Å². The maximum absolute atomic E-state index is 6.83. The van der Waals surface area contributed by atoms with Gasteiger partial charge in [0.1, 0.15) is 0 Å². The van der Waals surface area contributed by atoms with Crippen LogP contribution in [0.25, 0.3) is 22.3 Å². The SMILES string of the molecule is CC1(C)c2ccccc2-c2cc([Si]3(c4ccc(N(c5ccccc5)c5ccccc5)cc4)c4ccccc4-c4c3ccc3c4Oc4ccccc4O3)ccc21. The molecule has 0 saturated heterocycles. The molecule has 8 aromatic rings. The van der Waals surface area contributed by atoms with Crippen molar-refractivity contribution < 1.29 is 9.47 Å². The molecule has 0 bridgehead atoms. The molecular formula is C51H37NO2Si. The van der Waals surface area contributed by atoms with Crippen LogP contribution in [-0.4, -0.2) is 8.07 Å². The van der Waals surface area contributed by atoms with Gasteiger partial charge in [-0.25, -0.2) is 0 Å². The van der Waals surface area contributed by atoms with Gasteiger partial charge in [-0.2, -0.15) is 0 Å². The van der Waals surface area contributed by atoms with Gasteiger partial charge in [0.15, 0.2) is 31.1 Å². The van der Waals surface area contributed by atoms with Crippen molar-refractivity contribution in [3.63, 3.8) is 0 Å². The van der Waals surface area contributed by atoms with Crippen molar-refractivity contribution in [3.05, 3.63) is 199 Å². The van der Waals surface area contributed by atoms with E-state index in [2.05, 4.69) is 183 Å². The first-order valence-electron chi connectivity index (χ1n) is 19.0. The fraction of sp³-hybridized carbons (Fsp3) is 0.0588. The standard InChI is InChI=1S/C51H37NO2Si/c1-51(2)42-21-11-9-19-39(42)41-33-38(29-30-43(41)51)55(37-27-25-36(26-28-37)52(34-15-5-3-6-16-34)35-17-7-4-8-18-35)47-24-14-10-20-40(47)49-48(55)32-31-46-50(49)54-45-23-13-12-22-44(45)53-46/h3-33H,1-2H3. The fourth-order valence-electron chi connectivity index (χ4n) is 9.55. The van der Waals surface area contributed by atoms with Crippen molar-refractivity contribution >= 4 is 45.9 Å². The summed E-state index contributed by atoms with van der Waals surface area (Å²) < 4.78 is 13.4. The molecule has 0 fully saturated rings. The molecule has 262 valence electrons. The summed E-state index contributed by atoms with van der Waals surface area (Å²) in [5.41, 5.74) is 11.0. The smallest absolute Gasteiger partial charge is 0.181 e. The lowest BCUT2D eigenvalue weighted by atomic mass is 9.82. The van der Waals surface area contributed by atoms with E-state index < -0.39 is 8.07 Å². The Bertz CT molecular complexity index is 2760. The molecule has 11 rings (SSSR count). The van der Waals surface area contributed by atoms with Crippen LogP contribution in [0.5, 0.6) is 23.0 Å². The van der Waals surface area contributed by atoms with Crippen molar-refractivity contribution in [1.29, 1.82) is 0 Å². The quantitative estimate of drug-likeness (QED) is 0.165. The van der Waals surface area contributed by atoms with Crippen molar-refractivity contribution in [2.75, 3.05) is 4.90 Å². The highest BCUT2D eigenvalue weighted by molar-refractivity contribution is 7.22. The average Bonchev–Trinajstić information content (AvgIpc) is 3.67. The first-order valence-corrected chi connectivity index (χ1v) is 21.0. The van der Waals surface area contributed by atoms with Gasteiger partial charge in [-0.05, 0) is 103 Å². The minimum atomic E-state index is -2.96. The highest BCUT2D eigenvalue weighted by Crippen LogP contribution is 2.52. The Morgan fingerprint density at radius 1 is 0.418 bits per heavy atom. The van der Waals surface area contributed by atoms with E-state index in [0.29, 0.717) is 0 Å². The molecule has 3 aliphatic rings. The summed E-state index contributed by atoms with van der Waals surface area (Å²) in [5, 5.41) is 5.36. The number of benzene rings is 8.